The predicted molar refractivity (Wildman–Crippen MR) is 128 cm³/mol. The van der Waals surface area contributed by atoms with Gasteiger partial charge in [-0.15, -0.1) is 11.3 Å². The second kappa shape index (κ2) is 11.6. The zero-order valence-corrected chi connectivity index (χ0v) is 21.7. The van der Waals surface area contributed by atoms with Gasteiger partial charge in [0, 0.05) is 16.1 Å². The van der Waals surface area contributed by atoms with Gasteiger partial charge in [0.25, 0.3) is 10.1 Å². The molecule has 8 heteroatoms. The molecule has 0 aliphatic heterocycles. The van der Waals surface area contributed by atoms with Crippen molar-refractivity contribution < 1.29 is 22.1 Å². The molecular formula is C23H31BrO5S2. The van der Waals surface area contributed by atoms with Gasteiger partial charge in [-0.3, -0.25) is 8.98 Å². The topological polar surface area (TPSA) is 69.7 Å². The van der Waals surface area contributed by atoms with Crippen LogP contribution >= 0.6 is 27.3 Å². The van der Waals surface area contributed by atoms with Gasteiger partial charge in [-0.2, -0.15) is 8.42 Å². The molecule has 0 amide bonds. The summed E-state index contributed by atoms with van der Waals surface area (Å²) in [6.45, 7) is 8.37. The zero-order chi connectivity index (χ0) is 23.1. The Morgan fingerprint density at radius 3 is 2.42 bits per heavy atom. The number of hydrogen-bond donors (Lipinski definition) is 0. The van der Waals surface area contributed by atoms with Crippen LogP contribution in [0.2, 0.25) is 0 Å². The van der Waals surface area contributed by atoms with Crippen molar-refractivity contribution in [3.05, 3.63) is 51.7 Å². The molecule has 1 unspecified atom stereocenters. The van der Waals surface area contributed by atoms with E-state index in [-0.39, 0.29) is 27.7 Å². The first kappa shape index (κ1) is 26.0. The van der Waals surface area contributed by atoms with Crippen molar-refractivity contribution in [2.24, 2.45) is 5.41 Å². The highest BCUT2D eigenvalue weighted by molar-refractivity contribution is 9.09. The number of hydrogen-bond acceptors (Lipinski definition) is 6. The highest BCUT2D eigenvalue weighted by atomic mass is 79.9. The predicted octanol–water partition coefficient (Wildman–Crippen LogP) is 6.20. The number of carbonyl (C=O) groups is 1. The summed E-state index contributed by atoms with van der Waals surface area (Å²) in [5.41, 5.74) is 1.94. The van der Waals surface area contributed by atoms with Gasteiger partial charge < -0.3 is 4.74 Å². The summed E-state index contributed by atoms with van der Waals surface area (Å²) in [4.78, 5) is 13.4. The van der Waals surface area contributed by atoms with E-state index in [0.717, 1.165) is 18.4 Å². The molecular weight excluding hydrogens is 500 g/mol. The first-order valence-electron chi connectivity index (χ1n) is 10.3. The largest absolute Gasteiger partial charge is 0.466 e. The third-order valence-corrected chi connectivity index (χ3v) is 7.91. The Labute approximate surface area is 198 Å². The summed E-state index contributed by atoms with van der Waals surface area (Å²) in [7, 11) is -3.78. The third-order valence-electron chi connectivity index (χ3n) is 4.56. The standard InChI is InChI=1S/C23H31BrO5S2/c1-17-13-15-30-21(17)6-5-14-28-22(25)12-11-20(24)18-7-9-19(10-8-18)31(26,27)29-16-23(2,3)4/h7-10,13,15,20H,5-6,11-12,14,16H2,1-4H3. The van der Waals surface area contributed by atoms with E-state index in [9.17, 15) is 13.2 Å². The average Bonchev–Trinajstić information content (AvgIpc) is 3.12. The summed E-state index contributed by atoms with van der Waals surface area (Å²) in [6, 6.07) is 8.64. The van der Waals surface area contributed by atoms with Gasteiger partial charge in [0.1, 0.15) is 0 Å². The molecule has 0 aliphatic rings. The Kier molecular flexibility index (Phi) is 9.73. The fraction of sp³-hybridized carbons (Fsp3) is 0.522. The highest BCUT2D eigenvalue weighted by Crippen LogP contribution is 2.29. The molecule has 0 saturated carbocycles. The van der Waals surface area contributed by atoms with Crippen LogP contribution in [0, 0.1) is 12.3 Å². The lowest BCUT2D eigenvalue weighted by Gasteiger charge is -2.17. The number of thiophene rings is 1. The minimum atomic E-state index is -3.78. The van der Waals surface area contributed by atoms with Crippen molar-refractivity contribution in [2.75, 3.05) is 13.2 Å². The number of alkyl halides is 1. The summed E-state index contributed by atoms with van der Waals surface area (Å²) in [5.74, 6) is -0.220. The average molecular weight is 532 g/mol. The molecule has 0 aliphatic carbocycles. The van der Waals surface area contributed by atoms with E-state index in [1.54, 1.807) is 23.5 Å². The smallest absolute Gasteiger partial charge is 0.305 e. The SMILES string of the molecule is Cc1ccsc1CCCOC(=O)CCC(Br)c1ccc(S(=O)(=O)OCC(C)(C)C)cc1. The Morgan fingerprint density at radius 1 is 1.16 bits per heavy atom. The van der Waals surface area contributed by atoms with E-state index in [0.29, 0.717) is 19.4 Å². The van der Waals surface area contributed by atoms with Crippen LogP contribution in [-0.2, 0) is 30.3 Å². The molecule has 1 heterocycles. The molecule has 5 nitrogen and oxygen atoms in total. The van der Waals surface area contributed by atoms with Gasteiger partial charge in [-0.1, -0.05) is 48.8 Å². The van der Waals surface area contributed by atoms with E-state index in [1.807, 2.05) is 20.8 Å². The second-order valence-electron chi connectivity index (χ2n) is 8.70. The molecule has 2 aromatic rings. The quantitative estimate of drug-likeness (QED) is 0.149. The summed E-state index contributed by atoms with van der Waals surface area (Å²) >= 11 is 5.31. The normalized spacial score (nSPS) is 13.2. The van der Waals surface area contributed by atoms with Crippen LogP contribution in [0.4, 0.5) is 0 Å². The molecule has 1 aromatic carbocycles. The lowest BCUT2D eigenvalue weighted by atomic mass is 9.99. The number of benzene rings is 1. The number of ether oxygens (including phenoxy) is 1. The van der Waals surface area contributed by atoms with Gasteiger partial charge in [-0.05, 0) is 66.3 Å². The van der Waals surface area contributed by atoms with Crippen LogP contribution in [0.3, 0.4) is 0 Å². The Hall–Kier alpha value is -1.22. The van der Waals surface area contributed by atoms with Gasteiger partial charge in [0.2, 0.25) is 0 Å². The Balaban J connectivity index is 1.75. The van der Waals surface area contributed by atoms with Crippen molar-refractivity contribution in [1.82, 2.24) is 0 Å². The Bertz CT molecular complexity index is 943. The van der Waals surface area contributed by atoms with E-state index in [2.05, 4.69) is 34.3 Å². The first-order chi connectivity index (χ1) is 14.5. The van der Waals surface area contributed by atoms with Crippen molar-refractivity contribution in [2.45, 2.75) is 63.1 Å². The maximum Gasteiger partial charge on any atom is 0.305 e. The molecule has 1 aromatic heterocycles. The van der Waals surface area contributed by atoms with Crippen molar-refractivity contribution >= 4 is 43.4 Å². The Morgan fingerprint density at radius 2 is 1.84 bits per heavy atom. The molecule has 31 heavy (non-hydrogen) atoms. The van der Waals surface area contributed by atoms with Crippen molar-refractivity contribution in [3.8, 4) is 0 Å². The second-order valence-corrected chi connectivity index (χ2v) is 12.4. The molecule has 172 valence electrons. The van der Waals surface area contributed by atoms with E-state index in [4.69, 9.17) is 8.92 Å². The monoisotopic (exact) mass is 530 g/mol. The summed E-state index contributed by atoms with van der Waals surface area (Å²) in [6.07, 6.45) is 2.60. The van der Waals surface area contributed by atoms with E-state index in [1.165, 1.54) is 22.6 Å². The van der Waals surface area contributed by atoms with Crippen LogP contribution in [0.1, 0.15) is 60.9 Å². The fourth-order valence-electron chi connectivity index (χ4n) is 2.73. The van der Waals surface area contributed by atoms with Crippen LogP contribution < -0.4 is 0 Å². The summed E-state index contributed by atoms with van der Waals surface area (Å²) < 4.78 is 35.1. The van der Waals surface area contributed by atoms with E-state index < -0.39 is 10.1 Å². The van der Waals surface area contributed by atoms with Gasteiger partial charge >= 0.3 is 5.97 Å². The molecule has 0 fully saturated rings. The van der Waals surface area contributed by atoms with Crippen LogP contribution in [0.5, 0.6) is 0 Å². The van der Waals surface area contributed by atoms with Crippen molar-refractivity contribution in [1.29, 1.82) is 0 Å². The lowest BCUT2D eigenvalue weighted by Crippen LogP contribution is -2.18. The minimum Gasteiger partial charge on any atom is -0.466 e. The van der Waals surface area contributed by atoms with Crippen LogP contribution in [0.25, 0.3) is 0 Å². The van der Waals surface area contributed by atoms with Gasteiger partial charge in [0.15, 0.2) is 0 Å². The fourth-order valence-corrected chi connectivity index (χ4v) is 5.33. The number of aryl methyl sites for hydroxylation is 2. The number of esters is 1. The maximum absolute atomic E-state index is 12.3. The molecule has 0 bridgehead atoms. The van der Waals surface area contributed by atoms with Gasteiger partial charge in [-0.25, -0.2) is 0 Å². The zero-order valence-electron chi connectivity index (χ0n) is 18.5. The van der Waals surface area contributed by atoms with Crippen molar-refractivity contribution in [3.63, 3.8) is 0 Å². The van der Waals surface area contributed by atoms with Crippen LogP contribution in [-0.4, -0.2) is 27.6 Å². The van der Waals surface area contributed by atoms with Gasteiger partial charge in [0.05, 0.1) is 18.1 Å². The molecule has 0 saturated heterocycles. The lowest BCUT2D eigenvalue weighted by molar-refractivity contribution is -0.143. The number of carbonyl (C=O) groups excluding carboxylic acids is 1. The number of halogens is 1. The minimum absolute atomic E-state index is 0.0685. The summed E-state index contributed by atoms with van der Waals surface area (Å²) in [5, 5.41) is 2.08. The first-order valence-corrected chi connectivity index (χ1v) is 13.5. The molecule has 0 spiro atoms. The molecule has 0 N–H and O–H groups in total. The van der Waals surface area contributed by atoms with Crippen LogP contribution in [0.15, 0.2) is 40.6 Å². The maximum atomic E-state index is 12.3. The van der Waals surface area contributed by atoms with E-state index >= 15 is 0 Å². The third kappa shape index (κ3) is 9.04. The number of rotatable bonds is 11. The molecule has 0 radical (unpaired) electrons. The molecule has 2 rings (SSSR count). The highest BCUT2D eigenvalue weighted by Gasteiger charge is 2.20. The molecule has 1 atom stereocenters.